The van der Waals surface area contributed by atoms with E-state index in [-0.39, 0.29) is 35.0 Å². The molecule has 1 saturated heterocycles. The lowest BCUT2D eigenvalue weighted by molar-refractivity contribution is 0.0948. The normalized spacial score (nSPS) is 17.5. The topological polar surface area (TPSA) is 93.9 Å². The van der Waals surface area contributed by atoms with Gasteiger partial charge in [-0.15, -0.1) is 11.3 Å². The SMILES string of the molecule is Cc1nc2c(C(=O)NCc3cccs3)nc(-c3ccc(F)cc3)cc2n1C1CCS(=O)(=O)C1. The molecule has 1 N–H and O–H groups in total. The van der Waals surface area contributed by atoms with Crippen LogP contribution in [0.1, 0.15) is 33.7 Å². The van der Waals surface area contributed by atoms with E-state index in [4.69, 9.17) is 0 Å². The Labute approximate surface area is 194 Å². The number of aromatic nitrogens is 3. The highest BCUT2D eigenvalue weighted by Crippen LogP contribution is 2.32. The number of aryl methyl sites for hydroxylation is 1. The van der Waals surface area contributed by atoms with Gasteiger partial charge in [-0.05, 0) is 55.1 Å². The predicted octanol–water partition coefficient (Wildman–Crippen LogP) is 3.90. The van der Waals surface area contributed by atoms with Gasteiger partial charge in [0.2, 0.25) is 0 Å². The van der Waals surface area contributed by atoms with Crippen LogP contribution in [-0.2, 0) is 16.4 Å². The highest BCUT2D eigenvalue weighted by molar-refractivity contribution is 7.91. The van der Waals surface area contributed by atoms with Gasteiger partial charge in [-0.25, -0.2) is 22.8 Å². The van der Waals surface area contributed by atoms with Gasteiger partial charge in [0.05, 0.1) is 35.3 Å². The lowest BCUT2D eigenvalue weighted by Gasteiger charge is -2.14. The number of pyridine rings is 1. The largest absolute Gasteiger partial charge is 0.346 e. The molecule has 0 saturated carbocycles. The number of nitrogens with zero attached hydrogens (tertiary/aromatic N) is 3. The molecule has 1 fully saturated rings. The number of rotatable bonds is 5. The second kappa shape index (κ2) is 8.35. The number of carbonyl (C=O) groups is 1. The number of hydrogen-bond donors (Lipinski definition) is 1. The van der Waals surface area contributed by atoms with E-state index in [0.717, 1.165) is 4.88 Å². The molecule has 5 rings (SSSR count). The van der Waals surface area contributed by atoms with Crippen LogP contribution in [0.15, 0.2) is 47.8 Å². The third-order valence-corrected chi connectivity index (χ3v) is 8.41. The van der Waals surface area contributed by atoms with Crippen LogP contribution in [0.4, 0.5) is 4.39 Å². The summed E-state index contributed by atoms with van der Waals surface area (Å²) in [6, 6.07) is 11.3. The molecule has 1 aromatic carbocycles. The molecule has 1 aliphatic rings. The highest BCUT2D eigenvalue weighted by atomic mass is 32.2. The van der Waals surface area contributed by atoms with Gasteiger partial charge in [0.15, 0.2) is 15.5 Å². The Morgan fingerprint density at radius 1 is 1.24 bits per heavy atom. The van der Waals surface area contributed by atoms with E-state index in [1.54, 1.807) is 36.5 Å². The molecule has 0 aliphatic carbocycles. The molecular formula is C23H21FN4O3S2. The summed E-state index contributed by atoms with van der Waals surface area (Å²) in [7, 11) is -3.12. The second-order valence-corrected chi connectivity index (χ2v) is 11.3. The van der Waals surface area contributed by atoms with Crippen LogP contribution in [0.5, 0.6) is 0 Å². The average Bonchev–Trinajstić information content (AvgIpc) is 3.50. The third kappa shape index (κ3) is 4.28. The van der Waals surface area contributed by atoms with Crippen LogP contribution in [0.2, 0.25) is 0 Å². The van der Waals surface area contributed by atoms with Gasteiger partial charge in [0.25, 0.3) is 5.91 Å². The van der Waals surface area contributed by atoms with Crippen LogP contribution in [0.3, 0.4) is 0 Å². The van der Waals surface area contributed by atoms with Crippen molar-refractivity contribution in [3.63, 3.8) is 0 Å². The second-order valence-electron chi connectivity index (χ2n) is 8.08. The maximum atomic E-state index is 13.5. The lowest BCUT2D eigenvalue weighted by Crippen LogP contribution is -2.24. The number of sulfone groups is 1. The summed E-state index contributed by atoms with van der Waals surface area (Å²) in [6.45, 7) is 2.16. The van der Waals surface area contributed by atoms with Gasteiger partial charge < -0.3 is 9.88 Å². The summed E-state index contributed by atoms with van der Waals surface area (Å²) in [4.78, 5) is 23.4. The molecule has 10 heteroatoms. The molecule has 3 aromatic heterocycles. The quantitative estimate of drug-likeness (QED) is 0.464. The maximum absolute atomic E-state index is 13.5. The van der Waals surface area contributed by atoms with Crippen molar-refractivity contribution in [1.29, 1.82) is 0 Å². The van der Waals surface area contributed by atoms with E-state index in [9.17, 15) is 17.6 Å². The van der Waals surface area contributed by atoms with E-state index in [1.165, 1.54) is 12.1 Å². The fraction of sp³-hybridized carbons (Fsp3) is 0.261. The van der Waals surface area contributed by atoms with Crippen LogP contribution < -0.4 is 5.32 Å². The monoisotopic (exact) mass is 484 g/mol. The van der Waals surface area contributed by atoms with E-state index in [2.05, 4.69) is 15.3 Å². The fourth-order valence-corrected chi connectivity index (χ4v) is 6.58. The fourth-order valence-electron chi connectivity index (χ4n) is 4.24. The van der Waals surface area contributed by atoms with Crippen molar-refractivity contribution in [2.24, 2.45) is 0 Å². The van der Waals surface area contributed by atoms with E-state index < -0.39 is 9.84 Å². The van der Waals surface area contributed by atoms with Crippen molar-refractivity contribution in [3.05, 3.63) is 70.1 Å². The smallest absolute Gasteiger partial charge is 0.272 e. The molecular weight excluding hydrogens is 463 g/mol. The van der Waals surface area contributed by atoms with Crippen molar-refractivity contribution in [1.82, 2.24) is 19.9 Å². The number of hydrogen-bond acceptors (Lipinski definition) is 6. The molecule has 4 heterocycles. The summed E-state index contributed by atoms with van der Waals surface area (Å²) in [6.07, 6.45) is 0.489. The molecule has 1 atom stereocenters. The van der Waals surface area contributed by atoms with Gasteiger partial charge in [0, 0.05) is 10.4 Å². The Morgan fingerprint density at radius 2 is 2.03 bits per heavy atom. The van der Waals surface area contributed by atoms with Crippen molar-refractivity contribution in [3.8, 4) is 11.3 Å². The predicted molar refractivity (Wildman–Crippen MR) is 125 cm³/mol. The Bertz CT molecular complexity index is 1450. The van der Waals surface area contributed by atoms with Crippen LogP contribution in [0.25, 0.3) is 22.3 Å². The average molecular weight is 485 g/mol. The molecule has 0 radical (unpaired) electrons. The lowest BCUT2D eigenvalue weighted by atomic mass is 10.1. The van der Waals surface area contributed by atoms with Crippen molar-refractivity contribution in [2.45, 2.75) is 25.9 Å². The summed E-state index contributed by atoms with van der Waals surface area (Å²) >= 11 is 1.54. The van der Waals surface area contributed by atoms with Gasteiger partial charge in [-0.3, -0.25) is 4.79 Å². The minimum Gasteiger partial charge on any atom is -0.346 e. The summed E-state index contributed by atoms with van der Waals surface area (Å²) in [5.41, 5.74) is 2.36. The molecule has 1 aliphatic heterocycles. The number of imidazole rings is 1. The first-order valence-electron chi connectivity index (χ1n) is 10.5. The number of amides is 1. The van der Waals surface area contributed by atoms with E-state index in [1.807, 2.05) is 22.1 Å². The van der Waals surface area contributed by atoms with Crippen molar-refractivity contribution in [2.75, 3.05) is 11.5 Å². The van der Waals surface area contributed by atoms with E-state index in [0.29, 0.717) is 41.1 Å². The Balaban J connectivity index is 1.63. The zero-order chi connectivity index (χ0) is 23.2. The maximum Gasteiger partial charge on any atom is 0.272 e. The van der Waals surface area contributed by atoms with Gasteiger partial charge >= 0.3 is 0 Å². The van der Waals surface area contributed by atoms with Gasteiger partial charge in [-0.1, -0.05) is 6.07 Å². The third-order valence-electron chi connectivity index (χ3n) is 5.79. The van der Waals surface area contributed by atoms with Gasteiger partial charge in [0.1, 0.15) is 17.2 Å². The van der Waals surface area contributed by atoms with Crippen molar-refractivity contribution < 1.29 is 17.6 Å². The van der Waals surface area contributed by atoms with Gasteiger partial charge in [-0.2, -0.15) is 0 Å². The molecule has 0 spiro atoms. The molecule has 33 heavy (non-hydrogen) atoms. The summed E-state index contributed by atoms with van der Waals surface area (Å²) in [5, 5.41) is 4.83. The van der Waals surface area contributed by atoms with Crippen LogP contribution in [-0.4, -0.2) is 40.4 Å². The van der Waals surface area contributed by atoms with Crippen molar-refractivity contribution >= 4 is 38.1 Å². The molecule has 4 aromatic rings. The summed E-state index contributed by atoms with van der Waals surface area (Å²) in [5.74, 6) is 0.0400. The Morgan fingerprint density at radius 3 is 2.70 bits per heavy atom. The number of benzene rings is 1. The molecule has 7 nitrogen and oxygen atoms in total. The standard InChI is InChI=1S/C23H21FN4O3S2/c1-14-26-21-20(28(14)17-8-10-33(30,31)13-17)11-19(15-4-6-16(24)7-5-15)27-22(21)23(29)25-12-18-3-2-9-32-18/h2-7,9,11,17H,8,10,12-13H2,1H3,(H,25,29). The zero-order valence-electron chi connectivity index (χ0n) is 17.8. The Kier molecular flexibility index (Phi) is 5.49. The summed E-state index contributed by atoms with van der Waals surface area (Å²) < 4.78 is 39.6. The molecule has 0 bridgehead atoms. The number of carbonyl (C=O) groups excluding carboxylic acids is 1. The highest BCUT2D eigenvalue weighted by Gasteiger charge is 2.32. The zero-order valence-corrected chi connectivity index (χ0v) is 19.4. The first-order valence-corrected chi connectivity index (χ1v) is 13.2. The number of fused-ring (bicyclic) bond motifs is 1. The molecule has 170 valence electrons. The minimum atomic E-state index is -3.12. The van der Waals surface area contributed by atoms with Crippen LogP contribution in [0, 0.1) is 12.7 Å². The first kappa shape index (κ1) is 21.7. The minimum absolute atomic E-state index is 0.0351. The van der Waals surface area contributed by atoms with E-state index >= 15 is 0 Å². The molecule has 1 amide bonds. The number of thiophene rings is 1. The van der Waals surface area contributed by atoms with Crippen LogP contribution >= 0.6 is 11.3 Å². The Hall–Kier alpha value is -3.11. The number of nitrogens with one attached hydrogen (secondary N) is 1. The number of halogens is 1. The first-order chi connectivity index (χ1) is 15.8. The molecule has 1 unspecified atom stereocenters.